The zero-order chi connectivity index (χ0) is 15.0. The van der Waals surface area contributed by atoms with Gasteiger partial charge in [-0.3, -0.25) is 4.79 Å². The number of carbonyl (C=O) groups is 1. The maximum atomic E-state index is 11.4. The Morgan fingerprint density at radius 3 is 2.60 bits per heavy atom. The molecular weight excluding hydrogens is 256 g/mol. The Bertz CT molecular complexity index is 487. The number of hydrogen-bond donors (Lipinski definition) is 2. The van der Waals surface area contributed by atoms with Crippen molar-refractivity contribution in [3.05, 3.63) is 17.8 Å². The number of nitrogens with zero attached hydrogens (tertiary/aromatic N) is 1. The molecule has 1 aliphatic carbocycles. The third-order valence-electron chi connectivity index (χ3n) is 4.94. The Balaban J connectivity index is 2.04. The molecule has 2 rings (SSSR count). The molecule has 1 fully saturated rings. The average molecular weight is 280 g/mol. The number of carboxylic acid groups (broad SMARTS) is 1. The zero-order valence-corrected chi connectivity index (χ0v) is 12.7. The Morgan fingerprint density at radius 1 is 1.45 bits per heavy atom. The number of carboxylic acids is 1. The molecule has 0 unspecified atom stereocenters. The molecule has 0 amide bonds. The van der Waals surface area contributed by atoms with Crippen molar-refractivity contribution < 1.29 is 14.3 Å². The third-order valence-corrected chi connectivity index (χ3v) is 4.94. The molecule has 1 aliphatic rings. The van der Waals surface area contributed by atoms with Gasteiger partial charge in [0.05, 0.1) is 11.1 Å². The van der Waals surface area contributed by atoms with Crippen LogP contribution in [0.2, 0.25) is 0 Å². The van der Waals surface area contributed by atoms with Crippen LogP contribution in [0.5, 0.6) is 0 Å². The van der Waals surface area contributed by atoms with Crippen LogP contribution in [0.15, 0.2) is 10.8 Å². The van der Waals surface area contributed by atoms with Crippen molar-refractivity contribution in [2.75, 3.05) is 0 Å². The summed E-state index contributed by atoms with van der Waals surface area (Å²) >= 11 is 0. The van der Waals surface area contributed by atoms with Crippen molar-refractivity contribution in [1.29, 1.82) is 0 Å². The van der Waals surface area contributed by atoms with Gasteiger partial charge in [-0.15, -0.1) is 0 Å². The van der Waals surface area contributed by atoms with Crippen LogP contribution < -0.4 is 5.32 Å². The van der Waals surface area contributed by atoms with Crippen LogP contribution in [-0.2, 0) is 11.3 Å². The number of nitrogens with one attached hydrogen (secondary N) is 1. The molecule has 0 aliphatic heterocycles. The second-order valence-electron chi connectivity index (χ2n) is 6.70. The summed E-state index contributed by atoms with van der Waals surface area (Å²) in [6, 6.07) is 0. The molecule has 0 spiro atoms. The lowest BCUT2D eigenvalue weighted by molar-refractivity contribution is -0.151. The lowest BCUT2D eigenvalue weighted by Crippen LogP contribution is -2.54. The largest absolute Gasteiger partial charge is 0.481 e. The summed E-state index contributed by atoms with van der Waals surface area (Å²) in [5.74, 6) is 0.645. The molecule has 5 heteroatoms. The van der Waals surface area contributed by atoms with E-state index in [0.717, 1.165) is 24.3 Å². The Morgan fingerprint density at radius 2 is 2.10 bits per heavy atom. The van der Waals surface area contributed by atoms with Gasteiger partial charge in [-0.1, -0.05) is 6.42 Å². The van der Waals surface area contributed by atoms with E-state index in [9.17, 15) is 9.90 Å². The fraction of sp³-hybridized carbons (Fsp3) is 0.733. The monoisotopic (exact) mass is 280 g/mol. The van der Waals surface area contributed by atoms with Gasteiger partial charge in [0.2, 0.25) is 0 Å². The highest BCUT2D eigenvalue weighted by Gasteiger charge is 2.43. The van der Waals surface area contributed by atoms with Gasteiger partial charge in [0.15, 0.2) is 6.39 Å². The molecule has 0 saturated heterocycles. The lowest BCUT2D eigenvalue weighted by atomic mass is 9.74. The third kappa shape index (κ3) is 2.59. The molecule has 1 aromatic rings. The topological polar surface area (TPSA) is 75.4 Å². The van der Waals surface area contributed by atoms with E-state index in [1.165, 1.54) is 12.8 Å². The quantitative estimate of drug-likeness (QED) is 0.838. The van der Waals surface area contributed by atoms with Crippen LogP contribution in [0.3, 0.4) is 0 Å². The number of rotatable bonds is 6. The molecule has 0 bridgehead atoms. The Kier molecular flexibility index (Phi) is 3.91. The molecule has 1 heterocycles. The molecule has 1 aromatic heterocycles. The lowest BCUT2D eigenvalue weighted by Gasteiger charge is -2.39. The number of oxazole rings is 1. The van der Waals surface area contributed by atoms with Gasteiger partial charge in [-0.05, 0) is 40.5 Å². The normalized spacial score (nSPS) is 17.0. The van der Waals surface area contributed by atoms with E-state index in [-0.39, 0.29) is 0 Å². The van der Waals surface area contributed by atoms with Crippen LogP contribution in [0, 0.1) is 5.41 Å². The summed E-state index contributed by atoms with van der Waals surface area (Å²) in [6.45, 7) is 7.82. The predicted molar refractivity (Wildman–Crippen MR) is 75.4 cm³/mol. The van der Waals surface area contributed by atoms with Crippen molar-refractivity contribution in [3.8, 4) is 0 Å². The highest BCUT2D eigenvalue weighted by Crippen LogP contribution is 2.38. The van der Waals surface area contributed by atoms with Gasteiger partial charge >= 0.3 is 5.97 Å². The smallest absolute Gasteiger partial charge is 0.310 e. The molecule has 0 aromatic carbocycles. The van der Waals surface area contributed by atoms with Crippen LogP contribution in [0.4, 0.5) is 0 Å². The van der Waals surface area contributed by atoms with Crippen molar-refractivity contribution in [2.24, 2.45) is 5.41 Å². The molecule has 20 heavy (non-hydrogen) atoms. The van der Waals surface area contributed by atoms with E-state index in [2.05, 4.69) is 10.3 Å². The molecular formula is C15H24N2O3. The summed E-state index contributed by atoms with van der Waals surface area (Å²) in [7, 11) is 0. The fourth-order valence-corrected chi connectivity index (χ4v) is 2.21. The average Bonchev–Trinajstić information content (AvgIpc) is 2.72. The second kappa shape index (κ2) is 5.20. The molecule has 1 saturated carbocycles. The van der Waals surface area contributed by atoms with Gasteiger partial charge < -0.3 is 14.8 Å². The summed E-state index contributed by atoms with van der Waals surface area (Å²) in [5.41, 5.74) is -0.508. The Labute approximate surface area is 119 Å². The SMILES string of the molecule is CC(C)(NCc1ncoc1C1CCC1)C(C)(C)C(=O)O. The van der Waals surface area contributed by atoms with Crippen LogP contribution in [-0.4, -0.2) is 21.6 Å². The van der Waals surface area contributed by atoms with E-state index in [4.69, 9.17) is 4.42 Å². The van der Waals surface area contributed by atoms with Gasteiger partial charge in [-0.25, -0.2) is 4.98 Å². The molecule has 0 atom stereocenters. The van der Waals surface area contributed by atoms with Crippen molar-refractivity contribution in [2.45, 2.75) is 65.0 Å². The molecule has 112 valence electrons. The summed E-state index contributed by atoms with van der Waals surface area (Å²) in [6.07, 6.45) is 5.05. The number of aliphatic carboxylic acids is 1. The first-order valence-corrected chi connectivity index (χ1v) is 7.16. The zero-order valence-electron chi connectivity index (χ0n) is 12.7. The number of hydrogen-bond acceptors (Lipinski definition) is 4. The van der Waals surface area contributed by atoms with Crippen molar-refractivity contribution >= 4 is 5.97 Å². The highest BCUT2D eigenvalue weighted by atomic mass is 16.4. The van der Waals surface area contributed by atoms with E-state index >= 15 is 0 Å². The maximum absolute atomic E-state index is 11.4. The van der Waals surface area contributed by atoms with Crippen LogP contribution in [0.25, 0.3) is 0 Å². The molecule has 2 N–H and O–H groups in total. The highest BCUT2D eigenvalue weighted by molar-refractivity contribution is 5.75. The van der Waals surface area contributed by atoms with E-state index in [1.807, 2.05) is 13.8 Å². The standard InChI is InChI=1S/C15H24N2O3/c1-14(2,13(18)19)15(3,4)17-8-11-12(20-9-16-11)10-6-5-7-10/h9-10,17H,5-8H2,1-4H3,(H,18,19). The molecule has 5 nitrogen and oxygen atoms in total. The van der Waals surface area contributed by atoms with Gasteiger partial charge in [-0.2, -0.15) is 0 Å². The molecule has 0 radical (unpaired) electrons. The van der Waals surface area contributed by atoms with Crippen LogP contribution >= 0.6 is 0 Å². The summed E-state index contributed by atoms with van der Waals surface area (Å²) in [4.78, 5) is 15.7. The van der Waals surface area contributed by atoms with E-state index < -0.39 is 16.9 Å². The summed E-state index contributed by atoms with van der Waals surface area (Å²) in [5, 5.41) is 12.7. The van der Waals surface area contributed by atoms with E-state index in [0.29, 0.717) is 12.5 Å². The van der Waals surface area contributed by atoms with Crippen molar-refractivity contribution in [3.63, 3.8) is 0 Å². The fourth-order valence-electron chi connectivity index (χ4n) is 2.21. The van der Waals surface area contributed by atoms with Crippen LogP contribution in [0.1, 0.15) is 64.3 Å². The Hall–Kier alpha value is -1.36. The van der Waals surface area contributed by atoms with Gasteiger partial charge in [0.1, 0.15) is 5.76 Å². The maximum Gasteiger partial charge on any atom is 0.310 e. The minimum Gasteiger partial charge on any atom is -0.481 e. The number of aromatic nitrogens is 1. The second-order valence-corrected chi connectivity index (χ2v) is 6.70. The first-order chi connectivity index (χ1) is 9.25. The van der Waals surface area contributed by atoms with E-state index in [1.54, 1.807) is 13.8 Å². The van der Waals surface area contributed by atoms with Crippen molar-refractivity contribution in [1.82, 2.24) is 10.3 Å². The summed E-state index contributed by atoms with van der Waals surface area (Å²) < 4.78 is 5.50. The van der Waals surface area contributed by atoms with Gasteiger partial charge in [0.25, 0.3) is 0 Å². The minimum atomic E-state index is -0.868. The minimum absolute atomic E-state index is 0.491. The predicted octanol–water partition coefficient (Wildman–Crippen LogP) is 2.92. The first kappa shape index (κ1) is 15.0. The van der Waals surface area contributed by atoms with Gasteiger partial charge in [0, 0.05) is 18.0 Å². The first-order valence-electron chi connectivity index (χ1n) is 7.16.